The second kappa shape index (κ2) is 11.9. The van der Waals surface area contributed by atoms with Gasteiger partial charge in [-0.3, -0.25) is 14.3 Å². The lowest BCUT2D eigenvalue weighted by atomic mass is 9.99. The Bertz CT molecular complexity index is 1510. The van der Waals surface area contributed by atoms with E-state index in [4.69, 9.17) is 14.6 Å². The molecular weight excluding hydrogens is 492 g/mol. The molecule has 2 aromatic heterocycles. The summed E-state index contributed by atoms with van der Waals surface area (Å²) in [5.41, 5.74) is 5.46. The lowest BCUT2D eigenvalue weighted by Gasteiger charge is -2.14. The molecule has 5 rings (SSSR count). The zero-order valence-electron chi connectivity index (χ0n) is 22.9. The average Bonchev–Trinajstić information content (AvgIpc) is 3.60. The number of carbonyl (C=O) groups is 1. The van der Waals surface area contributed by atoms with Crippen LogP contribution < -0.4 is 15.6 Å². The van der Waals surface area contributed by atoms with Crippen molar-refractivity contribution in [3.63, 3.8) is 0 Å². The van der Waals surface area contributed by atoms with Crippen molar-refractivity contribution in [1.29, 1.82) is 0 Å². The van der Waals surface area contributed by atoms with Crippen molar-refractivity contribution in [2.45, 2.75) is 58.5 Å². The molecule has 4 aromatic rings. The SMILES string of the molecule is COCCCOc1ccc(-c2cc(C(=O)NCc3c(C)cc(C)[nH]c3=O)c3cnn(C4CCCC4)c3c2)cc1. The molecule has 2 heterocycles. The predicted octanol–water partition coefficient (Wildman–Crippen LogP) is 5.47. The molecule has 0 unspecified atom stereocenters. The van der Waals surface area contributed by atoms with Crippen LogP contribution in [0.2, 0.25) is 0 Å². The second-order valence-electron chi connectivity index (χ2n) is 10.3. The maximum Gasteiger partial charge on any atom is 0.253 e. The number of aryl methyl sites for hydroxylation is 2. The lowest BCUT2D eigenvalue weighted by molar-refractivity contribution is 0.0952. The van der Waals surface area contributed by atoms with Crippen molar-refractivity contribution >= 4 is 16.8 Å². The minimum Gasteiger partial charge on any atom is -0.494 e. The van der Waals surface area contributed by atoms with E-state index in [1.807, 2.05) is 50.2 Å². The summed E-state index contributed by atoms with van der Waals surface area (Å²) in [5.74, 6) is 0.564. The first-order valence-corrected chi connectivity index (χ1v) is 13.7. The fourth-order valence-electron chi connectivity index (χ4n) is 5.44. The number of nitrogens with one attached hydrogen (secondary N) is 2. The minimum absolute atomic E-state index is 0.151. The summed E-state index contributed by atoms with van der Waals surface area (Å²) in [5, 5.41) is 8.52. The molecule has 0 bridgehead atoms. The molecule has 39 heavy (non-hydrogen) atoms. The highest BCUT2D eigenvalue weighted by Gasteiger charge is 2.23. The Morgan fingerprint density at radius 1 is 1.08 bits per heavy atom. The molecule has 2 aromatic carbocycles. The van der Waals surface area contributed by atoms with Crippen molar-refractivity contribution < 1.29 is 14.3 Å². The van der Waals surface area contributed by atoms with Gasteiger partial charge in [0.15, 0.2) is 0 Å². The van der Waals surface area contributed by atoms with Crippen LogP contribution >= 0.6 is 0 Å². The number of aromatic amines is 1. The number of hydrogen-bond donors (Lipinski definition) is 2. The molecule has 1 fully saturated rings. The van der Waals surface area contributed by atoms with Crippen molar-refractivity contribution in [3.05, 3.63) is 81.4 Å². The topological polar surface area (TPSA) is 98.2 Å². The first kappa shape index (κ1) is 26.7. The molecule has 2 N–H and O–H groups in total. The molecule has 1 aliphatic carbocycles. The molecule has 1 amide bonds. The van der Waals surface area contributed by atoms with Crippen LogP contribution in [0.15, 0.2) is 53.5 Å². The molecule has 0 atom stereocenters. The van der Waals surface area contributed by atoms with Gasteiger partial charge < -0.3 is 19.8 Å². The first-order chi connectivity index (χ1) is 18.9. The third kappa shape index (κ3) is 5.91. The van der Waals surface area contributed by atoms with Crippen LogP contribution in [0.5, 0.6) is 5.75 Å². The van der Waals surface area contributed by atoms with Crippen molar-refractivity contribution in [2.24, 2.45) is 0 Å². The van der Waals surface area contributed by atoms with Crippen LogP contribution in [0.4, 0.5) is 0 Å². The average molecular weight is 529 g/mol. The van der Waals surface area contributed by atoms with Gasteiger partial charge in [0, 0.05) is 43.3 Å². The van der Waals surface area contributed by atoms with Crippen LogP contribution in [-0.4, -0.2) is 41.0 Å². The first-order valence-electron chi connectivity index (χ1n) is 13.7. The molecule has 1 saturated carbocycles. The number of benzene rings is 2. The van der Waals surface area contributed by atoms with E-state index >= 15 is 0 Å². The monoisotopic (exact) mass is 528 g/mol. The number of hydrogen-bond acceptors (Lipinski definition) is 5. The molecule has 0 saturated heterocycles. The molecule has 204 valence electrons. The van der Waals surface area contributed by atoms with Crippen LogP contribution in [0, 0.1) is 13.8 Å². The Balaban J connectivity index is 1.46. The number of H-pyrrole nitrogens is 1. The number of nitrogens with zero attached hydrogens (tertiary/aromatic N) is 2. The highest BCUT2D eigenvalue weighted by Crippen LogP contribution is 2.35. The van der Waals surface area contributed by atoms with Gasteiger partial charge in [0.05, 0.1) is 29.9 Å². The highest BCUT2D eigenvalue weighted by atomic mass is 16.5. The largest absolute Gasteiger partial charge is 0.494 e. The Morgan fingerprint density at radius 3 is 2.56 bits per heavy atom. The zero-order valence-corrected chi connectivity index (χ0v) is 22.9. The van der Waals surface area contributed by atoms with E-state index in [1.165, 1.54) is 12.8 Å². The summed E-state index contributed by atoms with van der Waals surface area (Å²) in [6.45, 7) is 5.14. The maximum atomic E-state index is 13.6. The molecule has 1 aliphatic rings. The van der Waals surface area contributed by atoms with E-state index in [2.05, 4.69) is 21.0 Å². The third-order valence-electron chi connectivity index (χ3n) is 7.50. The van der Waals surface area contributed by atoms with E-state index in [9.17, 15) is 9.59 Å². The Hall–Kier alpha value is -3.91. The third-order valence-corrected chi connectivity index (χ3v) is 7.50. The summed E-state index contributed by atoms with van der Waals surface area (Å²) in [4.78, 5) is 28.9. The van der Waals surface area contributed by atoms with Gasteiger partial charge in [0.1, 0.15) is 5.75 Å². The number of amides is 1. The molecular formula is C31H36N4O4. The van der Waals surface area contributed by atoms with Gasteiger partial charge in [-0.25, -0.2) is 0 Å². The Labute approximate surface area is 228 Å². The molecule has 0 spiro atoms. The number of rotatable bonds is 10. The maximum absolute atomic E-state index is 13.6. The van der Waals surface area contributed by atoms with Crippen molar-refractivity contribution in [1.82, 2.24) is 20.1 Å². The molecule has 0 aliphatic heterocycles. The fourth-order valence-corrected chi connectivity index (χ4v) is 5.44. The quantitative estimate of drug-likeness (QED) is 0.266. The Kier molecular flexibility index (Phi) is 8.12. The summed E-state index contributed by atoms with van der Waals surface area (Å²) >= 11 is 0. The highest BCUT2D eigenvalue weighted by molar-refractivity contribution is 6.08. The van der Waals surface area contributed by atoms with E-state index in [0.29, 0.717) is 30.4 Å². The van der Waals surface area contributed by atoms with Crippen LogP contribution in [-0.2, 0) is 11.3 Å². The molecule has 8 nitrogen and oxygen atoms in total. The normalized spacial score (nSPS) is 13.7. The van der Waals surface area contributed by atoms with Crippen molar-refractivity contribution in [3.8, 4) is 16.9 Å². The summed E-state index contributed by atoms with van der Waals surface area (Å²) in [7, 11) is 1.68. The predicted molar refractivity (Wildman–Crippen MR) is 152 cm³/mol. The number of carbonyl (C=O) groups excluding carboxylic acids is 1. The van der Waals surface area contributed by atoms with Gasteiger partial charge in [-0.15, -0.1) is 0 Å². The van der Waals surface area contributed by atoms with E-state index in [1.54, 1.807) is 13.3 Å². The van der Waals surface area contributed by atoms with Crippen molar-refractivity contribution in [2.75, 3.05) is 20.3 Å². The van der Waals surface area contributed by atoms with Crippen LogP contribution in [0.3, 0.4) is 0 Å². The van der Waals surface area contributed by atoms with Gasteiger partial charge in [-0.2, -0.15) is 5.10 Å². The summed E-state index contributed by atoms with van der Waals surface area (Å²) in [6.07, 6.45) is 7.19. The number of fused-ring (bicyclic) bond motifs is 1. The standard InChI is InChI=1S/C31H36N4O4/c1-20-15-21(2)34-31(37)27(20)18-32-30(36)26-16-23(22-9-11-25(12-10-22)39-14-6-13-38-3)17-29-28(26)19-33-35(29)24-7-4-5-8-24/h9-12,15-17,19,24H,4-8,13-14,18H2,1-3H3,(H,32,36)(H,34,37). The fraction of sp³-hybridized carbons (Fsp3) is 0.387. The summed E-state index contributed by atoms with van der Waals surface area (Å²) in [6, 6.07) is 14.2. The van der Waals surface area contributed by atoms with Gasteiger partial charge in [0.2, 0.25) is 0 Å². The zero-order chi connectivity index (χ0) is 27.4. The number of methoxy groups -OCH3 is 1. The smallest absolute Gasteiger partial charge is 0.253 e. The van der Waals surface area contributed by atoms with E-state index < -0.39 is 0 Å². The van der Waals surface area contributed by atoms with Crippen LogP contribution in [0.1, 0.15) is 65.3 Å². The van der Waals surface area contributed by atoms with Gasteiger partial charge in [-0.05, 0) is 73.7 Å². The lowest BCUT2D eigenvalue weighted by Crippen LogP contribution is -2.28. The van der Waals surface area contributed by atoms with Gasteiger partial charge in [0.25, 0.3) is 11.5 Å². The number of ether oxygens (including phenoxy) is 2. The minimum atomic E-state index is -0.231. The molecule has 0 radical (unpaired) electrons. The van der Waals surface area contributed by atoms with Gasteiger partial charge >= 0.3 is 0 Å². The summed E-state index contributed by atoms with van der Waals surface area (Å²) < 4.78 is 13.0. The van der Waals surface area contributed by atoms with E-state index in [-0.39, 0.29) is 18.0 Å². The van der Waals surface area contributed by atoms with E-state index in [0.717, 1.165) is 58.3 Å². The second-order valence-corrected chi connectivity index (χ2v) is 10.3. The Morgan fingerprint density at radius 2 is 1.85 bits per heavy atom. The van der Waals surface area contributed by atoms with Crippen LogP contribution in [0.25, 0.3) is 22.0 Å². The number of aromatic nitrogens is 3. The van der Waals surface area contributed by atoms with Gasteiger partial charge in [-0.1, -0.05) is 25.0 Å². The molecule has 8 heteroatoms. The number of pyridine rings is 1.